The zero-order chi connectivity index (χ0) is 19.9. The minimum absolute atomic E-state index is 0.0485. The molecule has 2 saturated carbocycles. The van der Waals surface area contributed by atoms with Crippen LogP contribution in [0.2, 0.25) is 0 Å². The summed E-state index contributed by atoms with van der Waals surface area (Å²) in [6.07, 6.45) is 3.00. The molecule has 2 aliphatic carbocycles. The number of hydrogen-bond acceptors (Lipinski definition) is 4. The fourth-order valence-corrected chi connectivity index (χ4v) is 5.58. The average molecular weight is 389 g/mol. The van der Waals surface area contributed by atoms with Crippen molar-refractivity contribution in [1.29, 1.82) is 5.26 Å². The van der Waals surface area contributed by atoms with Gasteiger partial charge in [-0.2, -0.15) is 5.26 Å². The van der Waals surface area contributed by atoms with E-state index in [1.54, 1.807) is 12.1 Å². The second kappa shape index (κ2) is 7.27. The number of rotatable bonds is 3. The molecule has 1 heterocycles. The van der Waals surface area contributed by atoms with E-state index in [9.17, 15) is 8.78 Å². The first-order valence-electron chi connectivity index (χ1n) is 10.3. The summed E-state index contributed by atoms with van der Waals surface area (Å²) in [5.41, 5.74) is 6.52. The van der Waals surface area contributed by atoms with Crippen molar-refractivity contribution in [3.8, 4) is 11.8 Å². The summed E-state index contributed by atoms with van der Waals surface area (Å²) >= 11 is 0. The molecule has 1 saturated heterocycles. The molecule has 1 aromatic carbocycles. The Morgan fingerprint density at radius 3 is 2.68 bits per heavy atom. The van der Waals surface area contributed by atoms with E-state index < -0.39 is 5.92 Å². The third-order valence-electron chi connectivity index (χ3n) is 7.24. The normalized spacial score (nSPS) is 37.8. The molecule has 3 fully saturated rings. The van der Waals surface area contributed by atoms with Crippen LogP contribution in [0.1, 0.15) is 51.0 Å². The molecule has 3 aliphatic rings. The number of benzene rings is 1. The van der Waals surface area contributed by atoms with Gasteiger partial charge in [-0.1, -0.05) is 6.92 Å². The number of fused-ring (bicyclic) bond motifs is 1. The zero-order valence-electron chi connectivity index (χ0n) is 16.4. The second-order valence-corrected chi connectivity index (χ2v) is 9.14. The van der Waals surface area contributed by atoms with Crippen molar-refractivity contribution in [2.45, 2.75) is 69.6 Å². The predicted octanol–water partition coefficient (Wildman–Crippen LogP) is 3.94. The third kappa shape index (κ3) is 3.62. The first-order valence-corrected chi connectivity index (χ1v) is 10.3. The molecule has 1 aliphatic heterocycles. The summed E-state index contributed by atoms with van der Waals surface area (Å²) in [4.78, 5) is 2.38. The number of piperidine rings is 1. The number of likely N-dealkylation sites (tertiary alicyclic amines) is 1. The first kappa shape index (κ1) is 19.6. The molecule has 0 bridgehead atoms. The standard InChI is InChI=1S/C22H29F2N3O/c1-21-8-9-22(23,24)12-16(21)11-19(27-10-2-3-17(26)14-27)20(21)28-18-6-4-15(13-25)5-7-18/h4-7,16-17,19-20H,2-3,8-12,14,26H2,1H3/t16-,17-,19-,20+,21+/m1/s1. The lowest BCUT2D eigenvalue weighted by Crippen LogP contribution is -2.54. The van der Waals surface area contributed by atoms with Crippen LogP contribution in [0.3, 0.4) is 0 Å². The lowest BCUT2D eigenvalue weighted by atomic mass is 9.67. The molecule has 6 heteroatoms. The molecular formula is C22H29F2N3O. The highest BCUT2D eigenvalue weighted by molar-refractivity contribution is 5.35. The SMILES string of the molecule is C[C@]12CCC(F)(F)C[C@H]1C[C@@H](N1CCC[C@@H](N)C1)[C@@H]2Oc1ccc(C#N)cc1. The summed E-state index contributed by atoms with van der Waals surface area (Å²) in [5, 5.41) is 9.01. The fraction of sp³-hybridized carbons (Fsp3) is 0.682. The lowest BCUT2D eigenvalue weighted by molar-refractivity contribution is -0.105. The Kier molecular flexibility index (Phi) is 5.09. The van der Waals surface area contributed by atoms with E-state index in [2.05, 4.69) is 17.9 Å². The number of nitriles is 1. The maximum Gasteiger partial charge on any atom is 0.248 e. The van der Waals surface area contributed by atoms with E-state index >= 15 is 0 Å². The highest BCUT2D eigenvalue weighted by atomic mass is 19.3. The molecule has 28 heavy (non-hydrogen) atoms. The van der Waals surface area contributed by atoms with E-state index in [1.165, 1.54) is 0 Å². The number of hydrogen-bond donors (Lipinski definition) is 1. The van der Waals surface area contributed by atoms with Gasteiger partial charge in [-0.15, -0.1) is 0 Å². The largest absolute Gasteiger partial charge is 0.488 e. The Morgan fingerprint density at radius 1 is 1.25 bits per heavy atom. The molecule has 0 unspecified atom stereocenters. The van der Waals surface area contributed by atoms with E-state index in [4.69, 9.17) is 15.7 Å². The molecular weight excluding hydrogens is 360 g/mol. The monoisotopic (exact) mass is 389 g/mol. The van der Waals surface area contributed by atoms with Crippen LogP contribution in [0, 0.1) is 22.7 Å². The maximum atomic E-state index is 14.2. The van der Waals surface area contributed by atoms with Gasteiger partial charge < -0.3 is 10.5 Å². The molecule has 2 N–H and O–H groups in total. The molecule has 5 atom stereocenters. The van der Waals surface area contributed by atoms with Crippen LogP contribution < -0.4 is 10.5 Å². The smallest absolute Gasteiger partial charge is 0.248 e. The van der Waals surface area contributed by atoms with Crippen LogP contribution in [0.4, 0.5) is 8.78 Å². The molecule has 152 valence electrons. The second-order valence-electron chi connectivity index (χ2n) is 9.14. The third-order valence-corrected chi connectivity index (χ3v) is 7.24. The Hall–Kier alpha value is -1.71. The van der Waals surface area contributed by atoms with E-state index in [1.807, 2.05) is 12.1 Å². The van der Waals surface area contributed by atoms with Gasteiger partial charge >= 0.3 is 0 Å². The topological polar surface area (TPSA) is 62.3 Å². The van der Waals surface area contributed by atoms with Crippen molar-refractivity contribution >= 4 is 0 Å². The average Bonchev–Trinajstić information content (AvgIpc) is 2.94. The quantitative estimate of drug-likeness (QED) is 0.850. The van der Waals surface area contributed by atoms with E-state index in [0.717, 1.165) is 32.4 Å². The van der Waals surface area contributed by atoms with Gasteiger partial charge in [0, 0.05) is 36.9 Å². The molecule has 0 aromatic heterocycles. The highest BCUT2D eigenvalue weighted by Gasteiger charge is 2.60. The van der Waals surface area contributed by atoms with Crippen LogP contribution >= 0.6 is 0 Å². The van der Waals surface area contributed by atoms with Crippen molar-refractivity contribution in [2.24, 2.45) is 17.1 Å². The molecule has 0 spiro atoms. The van der Waals surface area contributed by atoms with Gasteiger partial charge in [-0.3, -0.25) is 4.90 Å². The van der Waals surface area contributed by atoms with Gasteiger partial charge in [-0.05, 0) is 62.4 Å². The van der Waals surface area contributed by atoms with Gasteiger partial charge in [0.05, 0.1) is 11.6 Å². The van der Waals surface area contributed by atoms with Crippen LogP contribution in [0.25, 0.3) is 0 Å². The van der Waals surface area contributed by atoms with Crippen LogP contribution in [-0.4, -0.2) is 42.1 Å². The molecule has 0 amide bonds. The number of nitrogens with two attached hydrogens (primary N) is 1. The molecule has 4 nitrogen and oxygen atoms in total. The van der Waals surface area contributed by atoms with Gasteiger partial charge in [-0.25, -0.2) is 8.78 Å². The predicted molar refractivity (Wildman–Crippen MR) is 103 cm³/mol. The Labute approximate surface area is 165 Å². The summed E-state index contributed by atoms with van der Waals surface area (Å²) in [6, 6.07) is 9.46. The summed E-state index contributed by atoms with van der Waals surface area (Å²) in [6.45, 7) is 3.88. The fourth-order valence-electron chi connectivity index (χ4n) is 5.58. The van der Waals surface area contributed by atoms with Gasteiger partial charge in [0.1, 0.15) is 11.9 Å². The van der Waals surface area contributed by atoms with Crippen molar-refractivity contribution < 1.29 is 13.5 Å². The number of halogens is 2. The van der Waals surface area contributed by atoms with Crippen LogP contribution in [0.5, 0.6) is 5.75 Å². The number of ether oxygens (including phenoxy) is 1. The Bertz CT molecular complexity index is 747. The molecule has 1 aromatic rings. The van der Waals surface area contributed by atoms with Crippen LogP contribution in [0.15, 0.2) is 24.3 Å². The number of alkyl halides is 2. The Morgan fingerprint density at radius 2 is 2.00 bits per heavy atom. The molecule has 4 rings (SSSR count). The summed E-state index contributed by atoms with van der Waals surface area (Å²) in [5.74, 6) is -1.92. The zero-order valence-corrected chi connectivity index (χ0v) is 16.4. The lowest BCUT2D eigenvalue weighted by Gasteiger charge is -2.44. The highest BCUT2D eigenvalue weighted by Crippen LogP contribution is 2.57. The van der Waals surface area contributed by atoms with Gasteiger partial charge in [0.15, 0.2) is 0 Å². The van der Waals surface area contributed by atoms with Crippen molar-refractivity contribution in [1.82, 2.24) is 4.90 Å². The van der Waals surface area contributed by atoms with E-state index in [-0.39, 0.29) is 42.4 Å². The van der Waals surface area contributed by atoms with E-state index in [0.29, 0.717) is 17.7 Å². The summed E-state index contributed by atoms with van der Waals surface area (Å²) < 4.78 is 34.8. The van der Waals surface area contributed by atoms with Crippen LogP contribution in [-0.2, 0) is 0 Å². The van der Waals surface area contributed by atoms with Crippen molar-refractivity contribution in [3.63, 3.8) is 0 Å². The van der Waals surface area contributed by atoms with Gasteiger partial charge in [0.25, 0.3) is 0 Å². The Balaban J connectivity index is 1.62. The maximum absolute atomic E-state index is 14.2. The minimum Gasteiger partial charge on any atom is -0.488 e. The summed E-state index contributed by atoms with van der Waals surface area (Å²) in [7, 11) is 0. The minimum atomic E-state index is -2.57. The number of nitrogens with zero attached hydrogens (tertiary/aromatic N) is 2. The van der Waals surface area contributed by atoms with Gasteiger partial charge in [0.2, 0.25) is 5.92 Å². The molecule has 0 radical (unpaired) electrons. The first-order chi connectivity index (χ1) is 13.3. The van der Waals surface area contributed by atoms with Crippen molar-refractivity contribution in [3.05, 3.63) is 29.8 Å². The van der Waals surface area contributed by atoms with Crippen molar-refractivity contribution in [2.75, 3.05) is 13.1 Å².